The lowest BCUT2D eigenvalue weighted by atomic mass is 9.86. The Labute approximate surface area is 166 Å². The summed E-state index contributed by atoms with van der Waals surface area (Å²) < 4.78 is 10.9. The van der Waals surface area contributed by atoms with E-state index in [1.54, 1.807) is 0 Å². The second-order valence-corrected chi connectivity index (χ2v) is 7.70. The highest BCUT2D eigenvalue weighted by atomic mass is 16.5. The van der Waals surface area contributed by atoms with E-state index in [0.29, 0.717) is 52.5 Å². The number of carbonyl (C=O) groups is 2. The van der Waals surface area contributed by atoms with Crippen molar-refractivity contribution >= 4 is 11.8 Å². The fraction of sp³-hybridized carbons (Fsp3) is 0.619. The van der Waals surface area contributed by atoms with Gasteiger partial charge in [0.25, 0.3) is 0 Å². The molecule has 2 amide bonds. The van der Waals surface area contributed by atoms with Crippen LogP contribution in [0.3, 0.4) is 0 Å². The Balaban J connectivity index is 1.41. The Bertz CT molecular complexity index is 671. The van der Waals surface area contributed by atoms with Crippen LogP contribution in [0.25, 0.3) is 0 Å². The van der Waals surface area contributed by atoms with E-state index >= 15 is 0 Å². The van der Waals surface area contributed by atoms with E-state index < -0.39 is 0 Å². The van der Waals surface area contributed by atoms with E-state index in [0.717, 1.165) is 18.4 Å². The second-order valence-electron chi connectivity index (χ2n) is 7.70. The zero-order valence-corrected chi connectivity index (χ0v) is 16.2. The number of benzene rings is 1. The van der Waals surface area contributed by atoms with Crippen LogP contribution in [0, 0.1) is 0 Å². The van der Waals surface area contributed by atoms with Crippen molar-refractivity contribution in [2.75, 3.05) is 39.5 Å². The molecule has 3 aliphatic heterocycles. The van der Waals surface area contributed by atoms with Gasteiger partial charge in [-0.3, -0.25) is 14.5 Å². The van der Waals surface area contributed by atoms with Gasteiger partial charge in [-0.1, -0.05) is 30.3 Å². The Morgan fingerprint density at radius 3 is 2.36 bits per heavy atom. The maximum absolute atomic E-state index is 13.0. The third kappa shape index (κ3) is 4.21. The van der Waals surface area contributed by atoms with Crippen LogP contribution in [-0.4, -0.2) is 79.3 Å². The molecule has 7 heteroatoms. The molecule has 1 N–H and O–H groups in total. The van der Waals surface area contributed by atoms with Gasteiger partial charge < -0.3 is 19.7 Å². The number of carbonyl (C=O) groups excluding carboxylic acids is 2. The molecule has 1 aromatic carbocycles. The zero-order valence-electron chi connectivity index (χ0n) is 16.2. The fourth-order valence-corrected chi connectivity index (χ4v) is 4.39. The standard InChI is InChI=1S/C21H29N3O4/c25-20(22-15-16-4-2-1-3-5-16)18-14-19(21(26)23-8-12-28-13-9-23)24(18)17-6-10-27-11-7-17/h1-5,17-19H,6-15H2,(H,22,25)/t18-,19+/m1/s1. The predicted octanol–water partition coefficient (Wildman–Crippen LogP) is 0.784. The normalized spacial score (nSPS) is 26.5. The highest BCUT2D eigenvalue weighted by molar-refractivity contribution is 5.89. The lowest BCUT2D eigenvalue weighted by molar-refractivity contribution is -0.161. The number of nitrogens with zero attached hydrogens (tertiary/aromatic N) is 2. The van der Waals surface area contributed by atoms with Gasteiger partial charge in [-0.2, -0.15) is 0 Å². The van der Waals surface area contributed by atoms with Crippen molar-refractivity contribution in [3.63, 3.8) is 0 Å². The van der Waals surface area contributed by atoms with Crippen LogP contribution in [0.2, 0.25) is 0 Å². The SMILES string of the molecule is O=C(NCc1ccccc1)[C@H]1C[C@@H](C(=O)N2CCOCC2)N1C1CCOCC1. The molecule has 0 bridgehead atoms. The van der Waals surface area contributed by atoms with E-state index in [4.69, 9.17) is 9.47 Å². The topological polar surface area (TPSA) is 71.1 Å². The Morgan fingerprint density at radius 1 is 0.964 bits per heavy atom. The number of amides is 2. The Kier molecular flexibility index (Phi) is 6.24. The van der Waals surface area contributed by atoms with Gasteiger partial charge in [0.1, 0.15) is 0 Å². The molecule has 3 heterocycles. The summed E-state index contributed by atoms with van der Waals surface area (Å²) in [5, 5.41) is 3.05. The maximum atomic E-state index is 13.0. The molecule has 0 spiro atoms. The molecule has 28 heavy (non-hydrogen) atoms. The molecule has 3 fully saturated rings. The first-order chi connectivity index (χ1) is 13.7. The molecule has 0 unspecified atom stereocenters. The number of hydrogen-bond donors (Lipinski definition) is 1. The van der Waals surface area contributed by atoms with Gasteiger partial charge in [0.15, 0.2) is 0 Å². The van der Waals surface area contributed by atoms with Crippen LogP contribution in [0.5, 0.6) is 0 Å². The molecule has 4 rings (SSSR count). The molecule has 2 atom stereocenters. The third-order valence-corrected chi connectivity index (χ3v) is 6.00. The summed E-state index contributed by atoms with van der Waals surface area (Å²) in [6, 6.07) is 9.70. The number of nitrogens with one attached hydrogen (secondary N) is 1. The predicted molar refractivity (Wildman–Crippen MR) is 104 cm³/mol. The number of hydrogen-bond acceptors (Lipinski definition) is 5. The van der Waals surface area contributed by atoms with Crippen LogP contribution in [0.4, 0.5) is 0 Å². The number of likely N-dealkylation sites (tertiary alicyclic amines) is 1. The summed E-state index contributed by atoms with van der Waals surface area (Å²) in [6.07, 6.45) is 2.33. The molecular weight excluding hydrogens is 358 g/mol. The van der Waals surface area contributed by atoms with Crippen molar-refractivity contribution in [3.05, 3.63) is 35.9 Å². The summed E-state index contributed by atoms with van der Waals surface area (Å²) in [6.45, 7) is 4.37. The molecule has 0 saturated carbocycles. The average Bonchev–Trinajstić information content (AvgIpc) is 2.73. The van der Waals surface area contributed by atoms with Crippen molar-refractivity contribution < 1.29 is 19.1 Å². The molecule has 1 aromatic rings. The lowest BCUT2D eigenvalue weighted by Gasteiger charge is -2.52. The monoisotopic (exact) mass is 387 g/mol. The van der Waals surface area contributed by atoms with E-state index in [-0.39, 0.29) is 29.9 Å². The molecule has 0 aliphatic carbocycles. The van der Waals surface area contributed by atoms with Crippen molar-refractivity contribution in [2.45, 2.75) is 43.9 Å². The summed E-state index contributed by atoms with van der Waals surface area (Å²) in [5.74, 6) is 0.156. The third-order valence-electron chi connectivity index (χ3n) is 6.00. The van der Waals surface area contributed by atoms with Gasteiger partial charge in [-0.25, -0.2) is 0 Å². The Hall–Kier alpha value is -1.96. The van der Waals surface area contributed by atoms with Crippen molar-refractivity contribution in [3.8, 4) is 0 Å². The zero-order chi connectivity index (χ0) is 19.3. The largest absolute Gasteiger partial charge is 0.381 e. The van der Waals surface area contributed by atoms with Crippen LogP contribution < -0.4 is 5.32 Å². The number of ether oxygens (including phenoxy) is 2. The van der Waals surface area contributed by atoms with Crippen molar-refractivity contribution in [2.24, 2.45) is 0 Å². The summed E-state index contributed by atoms with van der Waals surface area (Å²) in [7, 11) is 0. The quantitative estimate of drug-likeness (QED) is 0.809. The molecule has 3 saturated heterocycles. The molecule has 0 radical (unpaired) electrons. The minimum atomic E-state index is -0.234. The average molecular weight is 387 g/mol. The van der Waals surface area contributed by atoms with Gasteiger partial charge in [0.2, 0.25) is 11.8 Å². The van der Waals surface area contributed by atoms with Crippen LogP contribution in [0.1, 0.15) is 24.8 Å². The Morgan fingerprint density at radius 2 is 1.64 bits per heavy atom. The smallest absolute Gasteiger partial charge is 0.240 e. The van der Waals surface area contributed by atoms with Gasteiger partial charge in [-0.05, 0) is 24.8 Å². The van der Waals surface area contributed by atoms with Crippen LogP contribution in [0.15, 0.2) is 30.3 Å². The van der Waals surface area contributed by atoms with E-state index in [2.05, 4.69) is 10.2 Å². The maximum Gasteiger partial charge on any atom is 0.240 e. The van der Waals surface area contributed by atoms with Crippen LogP contribution >= 0.6 is 0 Å². The van der Waals surface area contributed by atoms with E-state index in [1.807, 2.05) is 35.2 Å². The van der Waals surface area contributed by atoms with Crippen LogP contribution in [-0.2, 0) is 25.6 Å². The first-order valence-electron chi connectivity index (χ1n) is 10.3. The number of morpholine rings is 1. The lowest BCUT2D eigenvalue weighted by Crippen LogP contribution is -2.70. The molecular formula is C21H29N3O4. The van der Waals surface area contributed by atoms with Gasteiger partial charge in [0.05, 0.1) is 25.3 Å². The van der Waals surface area contributed by atoms with E-state index in [9.17, 15) is 9.59 Å². The molecule has 152 valence electrons. The van der Waals surface area contributed by atoms with Crippen molar-refractivity contribution in [1.82, 2.24) is 15.1 Å². The molecule has 3 aliphatic rings. The van der Waals surface area contributed by atoms with Gasteiger partial charge in [-0.15, -0.1) is 0 Å². The highest BCUT2D eigenvalue weighted by Crippen LogP contribution is 2.34. The summed E-state index contributed by atoms with van der Waals surface area (Å²) >= 11 is 0. The highest BCUT2D eigenvalue weighted by Gasteiger charge is 2.50. The first kappa shape index (κ1) is 19.4. The van der Waals surface area contributed by atoms with Crippen molar-refractivity contribution in [1.29, 1.82) is 0 Å². The molecule has 7 nitrogen and oxygen atoms in total. The minimum absolute atomic E-state index is 0.0152. The van der Waals surface area contributed by atoms with Gasteiger partial charge >= 0.3 is 0 Å². The molecule has 0 aromatic heterocycles. The van der Waals surface area contributed by atoms with E-state index in [1.165, 1.54) is 0 Å². The first-order valence-corrected chi connectivity index (χ1v) is 10.3. The fourth-order valence-electron chi connectivity index (χ4n) is 4.39. The van der Waals surface area contributed by atoms with Gasteiger partial charge in [0, 0.05) is 38.9 Å². The summed E-state index contributed by atoms with van der Waals surface area (Å²) in [4.78, 5) is 30.0. The number of rotatable bonds is 5. The minimum Gasteiger partial charge on any atom is -0.381 e. The second kappa shape index (κ2) is 9.03. The summed E-state index contributed by atoms with van der Waals surface area (Å²) in [5.41, 5.74) is 1.08.